The second kappa shape index (κ2) is 5.68. The molecule has 2 fully saturated rings. The predicted octanol–water partition coefficient (Wildman–Crippen LogP) is 0.944. The van der Waals surface area contributed by atoms with Crippen molar-refractivity contribution >= 4 is 5.91 Å². The lowest BCUT2D eigenvalue weighted by Gasteiger charge is -2.34. The molecule has 2 rings (SSSR count). The van der Waals surface area contributed by atoms with Crippen molar-refractivity contribution in [3.05, 3.63) is 0 Å². The molecular formula is C13H20N2O3. The summed E-state index contributed by atoms with van der Waals surface area (Å²) in [5.74, 6) is -0.0364. The molecule has 5 heteroatoms. The topological polar surface area (TPSA) is 62.6 Å². The van der Waals surface area contributed by atoms with Gasteiger partial charge in [-0.05, 0) is 26.2 Å². The molecule has 0 N–H and O–H groups in total. The van der Waals surface area contributed by atoms with E-state index in [1.165, 1.54) is 0 Å². The van der Waals surface area contributed by atoms with Gasteiger partial charge in [-0.15, -0.1) is 0 Å². The van der Waals surface area contributed by atoms with Gasteiger partial charge in [-0.3, -0.25) is 4.79 Å². The Hall–Kier alpha value is -1.12. The minimum Gasteiger partial charge on any atom is -0.381 e. The Bertz CT molecular complexity index is 345. The number of nitrogens with zero attached hydrogens (tertiary/aromatic N) is 2. The van der Waals surface area contributed by atoms with E-state index in [2.05, 4.69) is 6.07 Å². The van der Waals surface area contributed by atoms with Crippen LogP contribution < -0.4 is 0 Å². The Labute approximate surface area is 108 Å². The van der Waals surface area contributed by atoms with Gasteiger partial charge in [-0.25, -0.2) is 0 Å². The van der Waals surface area contributed by atoms with E-state index in [9.17, 15) is 10.1 Å². The molecule has 0 aliphatic carbocycles. The first kappa shape index (κ1) is 13.3. The van der Waals surface area contributed by atoms with E-state index in [0.29, 0.717) is 45.8 Å². The van der Waals surface area contributed by atoms with E-state index in [1.54, 1.807) is 4.90 Å². The molecule has 2 aliphatic rings. The zero-order valence-electron chi connectivity index (χ0n) is 10.9. The van der Waals surface area contributed by atoms with Gasteiger partial charge in [-0.2, -0.15) is 5.26 Å². The molecule has 1 unspecified atom stereocenters. The van der Waals surface area contributed by atoms with Crippen molar-refractivity contribution in [2.24, 2.45) is 5.41 Å². The van der Waals surface area contributed by atoms with Crippen molar-refractivity contribution in [2.45, 2.75) is 32.3 Å². The van der Waals surface area contributed by atoms with Crippen LogP contribution in [-0.2, 0) is 14.3 Å². The van der Waals surface area contributed by atoms with Crippen LogP contribution in [0.4, 0.5) is 0 Å². The Kier molecular flexibility index (Phi) is 4.20. The normalized spacial score (nSPS) is 28.2. The molecule has 100 valence electrons. The van der Waals surface area contributed by atoms with Crippen LogP contribution in [-0.4, -0.2) is 49.8 Å². The van der Waals surface area contributed by atoms with E-state index in [1.807, 2.05) is 6.92 Å². The Morgan fingerprint density at radius 1 is 1.39 bits per heavy atom. The lowest BCUT2D eigenvalue weighted by molar-refractivity contribution is -0.144. The van der Waals surface area contributed by atoms with Gasteiger partial charge >= 0.3 is 0 Å². The van der Waals surface area contributed by atoms with Crippen LogP contribution >= 0.6 is 0 Å². The SMILES string of the molecule is CC1CN(C(=O)C2(C#N)CCOCC2)CCCO1. The summed E-state index contributed by atoms with van der Waals surface area (Å²) in [5, 5.41) is 9.39. The number of hydrogen-bond acceptors (Lipinski definition) is 4. The Morgan fingerprint density at radius 3 is 2.78 bits per heavy atom. The third kappa shape index (κ3) is 2.65. The largest absolute Gasteiger partial charge is 0.381 e. The van der Waals surface area contributed by atoms with E-state index < -0.39 is 5.41 Å². The maximum Gasteiger partial charge on any atom is 0.243 e. The number of amides is 1. The summed E-state index contributed by atoms with van der Waals surface area (Å²) in [4.78, 5) is 14.4. The zero-order chi connectivity index (χ0) is 13.0. The van der Waals surface area contributed by atoms with Gasteiger partial charge < -0.3 is 14.4 Å². The van der Waals surface area contributed by atoms with Crippen LogP contribution in [0.15, 0.2) is 0 Å². The average Bonchev–Trinajstić information content (AvgIpc) is 2.63. The Balaban J connectivity index is 2.10. The average molecular weight is 252 g/mol. The van der Waals surface area contributed by atoms with Gasteiger partial charge in [0.15, 0.2) is 0 Å². The van der Waals surface area contributed by atoms with Crippen molar-refractivity contribution in [3.63, 3.8) is 0 Å². The minimum absolute atomic E-state index is 0.0364. The van der Waals surface area contributed by atoms with Crippen LogP contribution in [0.5, 0.6) is 0 Å². The number of ether oxygens (including phenoxy) is 2. The molecule has 1 atom stereocenters. The van der Waals surface area contributed by atoms with E-state index in [4.69, 9.17) is 9.47 Å². The van der Waals surface area contributed by atoms with Crippen LogP contribution in [0.1, 0.15) is 26.2 Å². The quantitative estimate of drug-likeness (QED) is 0.697. The van der Waals surface area contributed by atoms with Gasteiger partial charge in [0, 0.05) is 32.9 Å². The highest BCUT2D eigenvalue weighted by atomic mass is 16.5. The molecule has 0 saturated carbocycles. The lowest BCUT2D eigenvalue weighted by Crippen LogP contribution is -2.48. The van der Waals surface area contributed by atoms with Gasteiger partial charge in [0.25, 0.3) is 0 Å². The number of rotatable bonds is 1. The highest BCUT2D eigenvalue weighted by Gasteiger charge is 2.43. The summed E-state index contributed by atoms with van der Waals surface area (Å²) in [7, 11) is 0. The molecule has 0 bridgehead atoms. The highest BCUT2D eigenvalue weighted by molar-refractivity contribution is 5.85. The van der Waals surface area contributed by atoms with E-state index in [-0.39, 0.29) is 12.0 Å². The fourth-order valence-electron chi connectivity index (χ4n) is 2.57. The molecule has 2 saturated heterocycles. The van der Waals surface area contributed by atoms with Crippen molar-refractivity contribution in [2.75, 3.05) is 32.9 Å². The van der Waals surface area contributed by atoms with Crippen LogP contribution in [0.25, 0.3) is 0 Å². The Morgan fingerprint density at radius 2 is 2.11 bits per heavy atom. The first-order valence-corrected chi connectivity index (χ1v) is 6.58. The molecule has 18 heavy (non-hydrogen) atoms. The second-order valence-corrected chi connectivity index (χ2v) is 5.09. The standard InChI is InChI=1S/C13H20N2O3/c1-11-9-15(5-2-6-18-11)12(16)13(10-14)3-7-17-8-4-13/h11H,2-9H2,1H3. The van der Waals surface area contributed by atoms with E-state index >= 15 is 0 Å². The third-order valence-electron chi connectivity index (χ3n) is 3.71. The molecule has 0 radical (unpaired) electrons. The van der Waals surface area contributed by atoms with Crippen LogP contribution in [0.3, 0.4) is 0 Å². The zero-order valence-corrected chi connectivity index (χ0v) is 10.9. The fraction of sp³-hybridized carbons (Fsp3) is 0.846. The van der Waals surface area contributed by atoms with Gasteiger partial charge in [-0.1, -0.05) is 0 Å². The predicted molar refractivity (Wildman–Crippen MR) is 64.7 cm³/mol. The van der Waals surface area contributed by atoms with Gasteiger partial charge in [0.05, 0.1) is 12.2 Å². The summed E-state index contributed by atoms with van der Waals surface area (Å²) >= 11 is 0. The van der Waals surface area contributed by atoms with E-state index in [0.717, 1.165) is 6.42 Å². The minimum atomic E-state index is -0.873. The summed E-state index contributed by atoms with van der Waals surface area (Å²) in [6.45, 7) is 4.93. The van der Waals surface area contributed by atoms with Crippen LogP contribution in [0.2, 0.25) is 0 Å². The van der Waals surface area contributed by atoms with Crippen molar-refractivity contribution in [3.8, 4) is 6.07 Å². The van der Waals surface area contributed by atoms with Gasteiger partial charge in [0.2, 0.25) is 5.91 Å². The number of carbonyl (C=O) groups excluding carboxylic acids is 1. The van der Waals surface area contributed by atoms with Crippen LogP contribution in [0, 0.1) is 16.7 Å². The van der Waals surface area contributed by atoms with Gasteiger partial charge in [0.1, 0.15) is 5.41 Å². The lowest BCUT2D eigenvalue weighted by atomic mass is 9.80. The summed E-state index contributed by atoms with van der Waals surface area (Å²) in [6.07, 6.45) is 1.91. The first-order valence-electron chi connectivity index (χ1n) is 6.58. The molecule has 2 aliphatic heterocycles. The number of nitriles is 1. The fourth-order valence-corrected chi connectivity index (χ4v) is 2.57. The second-order valence-electron chi connectivity index (χ2n) is 5.09. The summed E-state index contributed by atoms with van der Waals surface area (Å²) in [5.41, 5.74) is -0.873. The molecule has 0 spiro atoms. The smallest absolute Gasteiger partial charge is 0.243 e. The maximum absolute atomic E-state index is 12.6. The first-order chi connectivity index (χ1) is 8.68. The monoisotopic (exact) mass is 252 g/mol. The molecule has 0 aromatic carbocycles. The summed E-state index contributed by atoms with van der Waals surface area (Å²) in [6, 6.07) is 2.24. The molecular weight excluding hydrogens is 232 g/mol. The van der Waals surface area contributed by atoms with Crippen molar-refractivity contribution < 1.29 is 14.3 Å². The summed E-state index contributed by atoms with van der Waals surface area (Å²) < 4.78 is 10.8. The highest BCUT2D eigenvalue weighted by Crippen LogP contribution is 2.32. The maximum atomic E-state index is 12.6. The van der Waals surface area contributed by atoms with Crippen molar-refractivity contribution in [1.29, 1.82) is 5.26 Å². The number of carbonyl (C=O) groups is 1. The third-order valence-corrected chi connectivity index (χ3v) is 3.71. The molecule has 5 nitrogen and oxygen atoms in total. The molecule has 1 amide bonds. The number of hydrogen-bond donors (Lipinski definition) is 0. The molecule has 0 aromatic heterocycles. The molecule has 0 aromatic rings. The molecule has 2 heterocycles. The van der Waals surface area contributed by atoms with Crippen molar-refractivity contribution in [1.82, 2.24) is 4.90 Å².